The van der Waals surface area contributed by atoms with Crippen molar-refractivity contribution in [2.24, 2.45) is 0 Å². The Morgan fingerprint density at radius 3 is 2.77 bits per heavy atom. The van der Waals surface area contributed by atoms with Crippen molar-refractivity contribution in [1.29, 1.82) is 5.26 Å². The zero-order chi connectivity index (χ0) is 22.1. The Morgan fingerprint density at radius 1 is 1.37 bits per heavy atom. The molecule has 0 saturated heterocycles. The zero-order valence-corrected chi connectivity index (χ0v) is 18.7. The maximum Gasteiger partial charge on any atom is 0.266 e. The summed E-state index contributed by atoms with van der Waals surface area (Å²) in [6.07, 6.45) is 2.55. The van der Waals surface area contributed by atoms with Crippen LogP contribution in [-0.4, -0.2) is 25.6 Å². The number of rotatable bonds is 4. The Bertz CT molecular complexity index is 1050. The molecule has 5 nitrogen and oxygen atoms in total. The SMILES string of the molecule is COc1cccc(NC(=O)/C(C#N)=C\c2cc3c(cc2Cl)N(C)C(C)(C)CC3C)c1. The molecule has 0 aliphatic carbocycles. The van der Waals surface area contributed by atoms with Crippen LogP contribution in [0.15, 0.2) is 42.0 Å². The van der Waals surface area contributed by atoms with E-state index in [1.807, 2.05) is 18.2 Å². The average Bonchev–Trinajstić information content (AvgIpc) is 2.70. The van der Waals surface area contributed by atoms with Crippen LogP contribution < -0.4 is 15.0 Å². The van der Waals surface area contributed by atoms with Crippen molar-refractivity contribution in [1.82, 2.24) is 0 Å². The highest BCUT2D eigenvalue weighted by Crippen LogP contribution is 2.44. The summed E-state index contributed by atoms with van der Waals surface area (Å²) in [5, 5.41) is 12.8. The number of carbonyl (C=O) groups excluding carboxylic acids is 1. The molecule has 0 aromatic heterocycles. The Balaban J connectivity index is 1.93. The fraction of sp³-hybridized carbons (Fsp3) is 0.333. The van der Waals surface area contributed by atoms with E-state index in [2.05, 4.69) is 38.0 Å². The van der Waals surface area contributed by atoms with Gasteiger partial charge in [-0.2, -0.15) is 5.26 Å². The monoisotopic (exact) mass is 423 g/mol. The van der Waals surface area contributed by atoms with Gasteiger partial charge in [0.15, 0.2) is 0 Å². The van der Waals surface area contributed by atoms with Crippen LogP contribution in [0.2, 0.25) is 5.02 Å². The number of ether oxygens (including phenoxy) is 1. The average molecular weight is 424 g/mol. The minimum Gasteiger partial charge on any atom is -0.497 e. The summed E-state index contributed by atoms with van der Waals surface area (Å²) in [7, 11) is 3.62. The van der Waals surface area contributed by atoms with E-state index in [9.17, 15) is 10.1 Å². The number of benzene rings is 2. The number of nitrogens with one attached hydrogen (secondary N) is 1. The molecular weight excluding hydrogens is 398 g/mol. The molecule has 1 aliphatic rings. The van der Waals surface area contributed by atoms with Gasteiger partial charge in [0, 0.05) is 35.1 Å². The number of hydrogen-bond donors (Lipinski definition) is 1. The van der Waals surface area contributed by atoms with Crippen LogP contribution in [0.3, 0.4) is 0 Å². The largest absolute Gasteiger partial charge is 0.497 e. The normalized spacial score (nSPS) is 17.7. The van der Waals surface area contributed by atoms with Gasteiger partial charge in [-0.15, -0.1) is 0 Å². The maximum absolute atomic E-state index is 12.7. The van der Waals surface area contributed by atoms with Gasteiger partial charge in [0.1, 0.15) is 17.4 Å². The highest BCUT2D eigenvalue weighted by atomic mass is 35.5. The Morgan fingerprint density at radius 2 is 2.10 bits per heavy atom. The molecule has 3 rings (SSSR count). The molecular formula is C24H26ClN3O2. The van der Waals surface area contributed by atoms with Crippen molar-refractivity contribution in [2.45, 2.75) is 38.6 Å². The van der Waals surface area contributed by atoms with Gasteiger partial charge in [-0.25, -0.2) is 0 Å². The number of amides is 1. The maximum atomic E-state index is 12.7. The first-order valence-corrected chi connectivity index (χ1v) is 10.2. The molecule has 0 fully saturated rings. The Kier molecular flexibility index (Phi) is 6.09. The predicted molar refractivity (Wildman–Crippen MR) is 122 cm³/mol. The van der Waals surface area contributed by atoms with E-state index in [4.69, 9.17) is 16.3 Å². The van der Waals surface area contributed by atoms with Gasteiger partial charge in [0.2, 0.25) is 0 Å². The van der Waals surface area contributed by atoms with Crippen LogP contribution >= 0.6 is 11.6 Å². The summed E-state index contributed by atoms with van der Waals surface area (Å²) < 4.78 is 5.17. The van der Waals surface area contributed by atoms with E-state index < -0.39 is 5.91 Å². The number of halogens is 1. The zero-order valence-electron chi connectivity index (χ0n) is 17.9. The van der Waals surface area contributed by atoms with Gasteiger partial charge in [-0.1, -0.05) is 24.6 Å². The summed E-state index contributed by atoms with van der Waals surface area (Å²) in [5.74, 6) is 0.464. The second-order valence-electron chi connectivity index (χ2n) is 8.27. The second kappa shape index (κ2) is 8.41. The van der Waals surface area contributed by atoms with Crippen molar-refractivity contribution in [3.8, 4) is 11.8 Å². The second-order valence-corrected chi connectivity index (χ2v) is 8.67. The first-order valence-electron chi connectivity index (χ1n) is 9.80. The molecule has 1 atom stereocenters. The fourth-order valence-corrected chi connectivity index (χ4v) is 4.13. The Labute approximate surface area is 182 Å². The van der Waals surface area contributed by atoms with Crippen LogP contribution in [0, 0.1) is 11.3 Å². The number of nitriles is 1. The molecule has 0 radical (unpaired) electrons. The first kappa shape index (κ1) is 21.7. The third-order valence-corrected chi connectivity index (χ3v) is 6.07. The first-order chi connectivity index (χ1) is 14.2. The third-order valence-electron chi connectivity index (χ3n) is 5.74. The smallest absolute Gasteiger partial charge is 0.266 e. The van der Waals surface area contributed by atoms with Gasteiger partial charge in [-0.05, 0) is 67.7 Å². The quantitative estimate of drug-likeness (QED) is 0.512. The summed E-state index contributed by atoms with van der Waals surface area (Å²) in [6, 6.07) is 12.9. The van der Waals surface area contributed by atoms with E-state index in [-0.39, 0.29) is 11.1 Å². The fourth-order valence-electron chi connectivity index (χ4n) is 3.92. The lowest BCUT2D eigenvalue weighted by Gasteiger charge is -2.45. The number of fused-ring (bicyclic) bond motifs is 1. The molecule has 1 aliphatic heterocycles. The van der Waals surface area contributed by atoms with Gasteiger partial charge < -0.3 is 15.0 Å². The lowest BCUT2D eigenvalue weighted by atomic mass is 9.80. The van der Waals surface area contributed by atoms with Crippen LogP contribution in [-0.2, 0) is 4.79 Å². The van der Waals surface area contributed by atoms with Crippen LogP contribution in [0.1, 0.15) is 44.2 Å². The molecule has 1 N–H and O–H groups in total. The van der Waals surface area contributed by atoms with Gasteiger partial charge in [0.05, 0.1) is 7.11 Å². The molecule has 6 heteroatoms. The molecule has 0 saturated carbocycles. The van der Waals surface area contributed by atoms with Crippen molar-refractivity contribution in [2.75, 3.05) is 24.4 Å². The topological polar surface area (TPSA) is 65.4 Å². The van der Waals surface area contributed by atoms with Crippen molar-refractivity contribution < 1.29 is 9.53 Å². The molecule has 156 valence electrons. The third kappa shape index (κ3) is 4.29. The number of methoxy groups -OCH3 is 1. The van der Waals surface area contributed by atoms with E-state index in [0.29, 0.717) is 27.9 Å². The molecule has 0 spiro atoms. The minimum atomic E-state index is -0.495. The molecule has 1 unspecified atom stereocenters. The van der Waals surface area contributed by atoms with Gasteiger partial charge in [-0.3, -0.25) is 4.79 Å². The Hall–Kier alpha value is -2.97. The molecule has 1 heterocycles. The number of hydrogen-bond acceptors (Lipinski definition) is 4. The molecule has 2 aromatic rings. The summed E-state index contributed by atoms with van der Waals surface area (Å²) >= 11 is 6.54. The van der Waals surface area contributed by atoms with E-state index >= 15 is 0 Å². The molecule has 0 bridgehead atoms. The van der Waals surface area contributed by atoms with E-state index in [1.54, 1.807) is 37.5 Å². The molecule has 2 aromatic carbocycles. The number of carbonyl (C=O) groups is 1. The van der Waals surface area contributed by atoms with Crippen molar-refractivity contribution in [3.05, 3.63) is 58.1 Å². The lowest BCUT2D eigenvalue weighted by Crippen LogP contribution is -2.45. The molecule has 1 amide bonds. The lowest BCUT2D eigenvalue weighted by molar-refractivity contribution is -0.112. The van der Waals surface area contributed by atoms with Crippen LogP contribution in [0.4, 0.5) is 11.4 Å². The van der Waals surface area contributed by atoms with E-state index in [1.165, 1.54) is 0 Å². The standard InChI is InChI=1S/C24H26ClN3O2/c1-15-13-24(2,3)28(4)22-12-21(25)16(10-20(15)22)9-17(14-26)23(29)27-18-7-6-8-19(11-18)30-5/h6-12,15H,13H2,1-5H3,(H,27,29)/b17-9-. The summed E-state index contributed by atoms with van der Waals surface area (Å²) in [6.45, 7) is 6.62. The van der Waals surface area contributed by atoms with Gasteiger partial charge >= 0.3 is 0 Å². The summed E-state index contributed by atoms with van der Waals surface area (Å²) in [4.78, 5) is 14.9. The highest BCUT2D eigenvalue weighted by molar-refractivity contribution is 6.32. The number of anilines is 2. The van der Waals surface area contributed by atoms with Crippen molar-refractivity contribution in [3.63, 3.8) is 0 Å². The van der Waals surface area contributed by atoms with Crippen LogP contribution in [0.25, 0.3) is 6.08 Å². The minimum absolute atomic E-state index is 0.0168. The summed E-state index contributed by atoms with van der Waals surface area (Å²) in [5.41, 5.74) is 3.47. The van der Waals surface area contributed by atoms with E-state index in [0.717, 1.165) is 17.7 Å². The molecule has 30 heavy (non-hydrogen) atoms. The van der Waals surface area contributed by atoms with Crippen molar-refractivity contribution >= 4 is 35.0 Å². The van der Waals surface area contributed by atoms with Gasteiger partial charge in [0.25, 0.3) is 5.91 Å². The predicted octanol–water partition coefficient (Wildman–Crippen LogP) is 5.62. The van der Waals surface area contributed by atoms with Crippen LogP contribution in [0.5, 0.6) is 5.75 Å². The highest BCUT2D eigenvalue weighted by Gasteiger charge is 2.34. The number of nitrogens with zero attached hydrogens (tertiary/aromatic N) is 2.